The molecule has 3 aliphatic rings. The van der Waals surface area contributed by atoms with Crippen LogP contribution in [0.4, 0.5) is 24.5 Å². The molecule has 0 spiro atoms. The SMILES string of the molecule is CNc1ccc(-n2cc(-c3cnc(C(=O)Nc4ccc(C(=O)N5CCN(C(=O)C6CC[N+](CC(=O)O)(CC7CNC7)CC6)CC5)c(Cl)c4)n3C)c(C(F)(F)F)n2)nc1. The number of carbonyl (C=O) groups excluding carboxylic acids is 3. The number of anilines is 2. The van der Waals surface area contributed by atoms with Gasteiger partial charge in [-0.3, -0.25) is 14.4 Å². The summed E-state index contributed by atoms with van der Waals surface area (Å²) in [5, 5.41) is 22.2. The van der Waals surface area contributed by atoms with E-state index >= 15 is 0 Å². The van der Waals surface area contributed by atoms with E-state index in [9.17, 15) is 37.5 Å². The Morgan fingerprint density at radius 2 is 1.67 bits per heavy atom. The standard InChI is InChI=1S/C38H43ClF3N11O5/c1-43-26-4-6-31(45-18-26)52-20-28(33(48-52)38(40,41)42)30-19-46-34(49(30)2)35(56)47-25-3-5-27(29(39)15-25)37(58)51-11-9-50(10-12-51)36(57)24-7-13-53(14-8-24,22-32(54)55)21-23-16-44-17-23/h3-6,15,18-20,23-24,43-44H,7-14,16-17,21-22H2,1-2H3,(H-,47,54,55,56,58)/p+1. The Morgan fingerprint density at radius 3 is 2.26 bits per heavy atom. The van der Waals surface area contributed by atoms with Crippen molar-refractivity contribution in [2.75, 3.05) is 83.1 Å². The number of benzene rings is 1. The van der Waals surface area contributed by atoms with Crippen molar-refractivity contribution < 1.29 is 41.9 Å². The van der Waals surface area contributed by atoms with E-state index in [1.807, 2.05) is 0 Å². The normalized spacial score (nSPS) is 20.1. The van der Waals surface area contributed by atoms with Crippen LogP contribution in [0.25, 0.3) is 17.1 Å². The molecule has 7 rings (SSSR count). The Labute approximate surface area is 336 Å². The first-order valence-electron chi connectivity index (χ1n) is 18.9. The Morgan fingerprint density at radius 1 is 0.983 bits per heavy atom. The third kappa shape index (κ3) is 8.51. The fourth-order valence-electron chi connectivity index (χ4n) is 8.02. The number of alkyl halides is 3. The van der Waals surface area contributed by atoms with Crippen molar-refractivity contribution in [1.29, 1.82) is 0 Å². The van der Waals surface area contributed by atoms with Crippen LogP contribution in [-0.2, 0) is 22.8 Å². The van der Waals surface area contributed by atoms with Crippen molar-refractivity contribution in [3.8, 4) is 17.1 Å². The number of nitrogens with zero attached hydrogens (tertiary/aromatic N) is 8. The second kappa shape index (κ2) is 16.4. The molecule has 0 atom stereocenters. The maximum atomic E-state index is 14.1. The summed E-state index contributed by atoms with van der Waals surface area (Å²) in [7, 11) is 3.10. The minimum atomic E-state index is -4.82. The molecule has 0 radical (unpaired) electrons. The monoisotopic (exact) mass is 826 g/mol. The van der Waals surface area contributed by atoms with Gasteiger partial charge in [0, 0.05) is 89.9 Å². The fraction of sp³-hybridized carbons (Fsp3) is 0.447. The molecule has 0 aliphatic carbocycles. The van der Waals surface area contributed by atoms with Gasteiger partial charge in [0.2, 0.25) is 5.91 Å². The van der Waals surface area contributed by atoms with E-state index in [0.717, 1.165) is 30.5 Å². The number of amides is 3. The van der Waals surface area contributed by atoms with Gasteiger partial charge in [0.15, 0.2) is 23.9 Å². The molecule has 16 nitrogen and oxygen atoms in total. The Balaban J connectivity index is 0.956. The van der Waals surface area contributed by atoms with Gasteiger partial charge < -0.3 is 39.9 Å². The van der Waals surface area contributed by atoms with Crippen LogP contribution < -0.4 is 16.0 Å². The third-order valence-electron chi connectivity index (χ3n) is 11.3. The molecular formula is C38H44ClF3N11O5+. The summed E-state index contributed by atoms with van der Waals surface area (Å²) in [6.45, 7) is 5.27. The lowest BCUT2D eigenvalue weighted by Gasteiger charge is -2.46. The number of rotatable bonds is 11. The average Bonchev–Trinajstić information content (AvgIpc) is 3.80. The van der Waals surface area contributed by atoms with E-state index in [-0.39, 0.29) is 63.5 Å². The predicted molar refractivity (Wildman–Crippen MR) is 206 cm³/mol. The molecule has 6 heterocycles. The number of carboxylic acid groups (broad SMARTS) is 1. The van der Waals surface area contributed by atoms with Gasteiger partial charge in [-0.25, -0.2) is 19.4 Å². The molecule has 3 saturated heterocycles. The quantitative estimate of drug-likeness (QED) is 0.164. The van der Waals surface area contributed by atoms with Gasteiger partial charge in [-0.15, -0.1) is 0 Å². The van der Waals surface area contributed by atoms with Gasteiger partial charge in [-0.05, 0) is 30.3 Å². The average molecular weight is 827 g/mol. The minimum absolute atomic E-state index is 0.00993. The predicted octanol–water partition coefficient (Wildman–Crippen LogP) is 3.45. The topological polar surface area (TPSA) is 180 Å². The zero-order chi connectivity index (χ0) is 41.4. The number of quaternary nitrogens is 1. The molecule has 3 fully saturated rings. The van der Waals surface area contributed by atoms with Gasteiger partial charge in [0.25, 0.3) is 11.8 Å². The fourth-order valence-corrected chi connectivity index (χ4v) is 8.28. The number of piperazine rings is 1. The molecule has 4 aromatic rings. The zero-order valence-electron chi connectivity index (χ0n) is 31.9. The van der Waals surface area contributed by atoms with Gasteiger partial charge in [0.05, 0.1) is 59.6 Å². The number of carboxylic acids is 1. The number of likely N-dealkylation sites (tertiary alicyclic amines) is 1. The first-order chi connectivity index (χ1) is 27.6. The lowest BCUT2D eigenvalue weighted by Crippen LogP contribution is -2.62. The highest BCUT2D eigenvalue weighted by molar-refractivity contribution is 6.34. The lowest BCUT2D eigenvalue weighted by molar-refractivity contribution is -0.929. The van der Waals surface area contributed by atoms with E-state index in [0.29, 0.717) is 68.2 Å². The number of imidazole rings is 1. The van der Waals surface area contributed by atoms with Crippen molar-refractivity contribution >= 4 is 46.7 Å². The molecule has 20 heteroatoms. The second-order valence-corrected chi connectivity index (χ2v) is 15.5. The Bertz CT molecular complexity index is 2190. The zero-order valence-corrected chi connectivity index (χ0v) is 32.7. The van der Waals surface area contributed by atoms with Crippen LogP contribution >= 0.6 is 11.6 Å². The van der Waals surface area contributed by atoms with Gasteiger partial charge in [-0.1, -0.05) is 11.6 Å². The molecule has 4 N–H and O–H groups in total. The summed E-state index contributed by atoms with van der Waals surface area (Å²) in [6, 6.07) is 7.54. The van der Waals surface area contributed by atoms with Crippen LogP contribution in [-0.4, -0.2) is 140 Å². The van der Waals surface area contributed by atoms with Crippen LogP contribution in [0.1, 0.15) is 39.5 Å². The summed E-state index contributed by atoms with van der Waals surface area (Å²) in [4.78, 5) is 63.7. The highest BCUT2D eigenvalue weighted by atomic mass is 35.5. The minimum Gasteiger partial charge on any atom is -0.477 e. The molecule has 3 aliphatic heterocycles. The first-order valence-corrected chi connectivity index (χ1v) is 19.3. The second-order valence-electron chi connectivity index (χ2n) is 15.1. The molecule has 308 valence electrons. The molecule has 0 unspecified atom stereocenters. The number of nitrogens with one attached hydrogen (secondary N) is 3. The van der Waals surface area contributed by atoms with Crippen LogP contribution in [0, 0.1) is 11.8 Å². The number of aliphatic carboxylic acids is 1. The van der Waals surface area contributed by atoms with E-state index in [1.165, 1.54) is 48.3 Å². The summed E-state index contributed by atoms with van der Waals surface area (Å²) in [5.74, 6) is -1.61. The number of carbonyl (C=O) groups is 4. The highest BCUT2D eigenvalue weighted by Gasteiger charge is 2.42. The largest absolute Gasteiger partial charge is 0.477 e. The number of halogens is 4. The molecule has 58 heavy (non-hydrogen) atoms. The maximum absolute atomic E-state index is 14.1. The van der Waals surface area contributed by atoms with Crippen molar-refractivity contribution in [3.63, 3.8) is 0 Å². The molecule has 3 aromatic heterocycles. The van der Waals surface area contributed by atoms with E-state index in [1.54, 1.807) is 22.9 Å². The van der Waals surface area contributed by atoms with Crippen molar-refractivity contribution in [2.24, 2.45) is 18.9 Å². The van der Waals surface area contributed by atoms with Gasteiger partial charge >= 0.3 is 12.1 Å². The number of hydrogen-bond acceptors (Lipinski definition) is 9. The maximum Gasteiger partial charge on any atom is 0.435 e. The van der Waals surface area contributed by atoms with Crippen molar-refractivity contribution in [2.45, 2.75) is 19.0 Å². The number of aromatic nitrogens is 5. The molecule has 1 aromatic carbocycles. The molecular weight excluding hydrogens is 783 g/mol. The third-order valence-corrected chi connectivity index (χ3v) is 11.6. The van der Waals surface area contributed by atoms with Crippen LogP contribution in [0.15, 0.2) is 48.9 Å². The Hall–Kier alpha value is -5.53. The lowest BCUT2D eigenvalue weighted by atomic mass is 9.90. The number of hydrogen-bond donors (Lipinski definition) is 4. The number of piperidine rings is 1. The summed E-state index contributed by atoms with van der Waals surface area (Å²) >= 11 is 6.55. The van der Waals surface area contributed by atoms with Crippen LogP contribution in [0.2, 0.25) is 5.02 Å². The van der Waals surface area contributed by atoms with Gasteiger partial charge in [-0.2, -0.15) is 18.3 Å². The Kier molecular flexibility index (Phi) is 11.5. The van der Waals surface area contributed by atoms with Crippen LogP contribution in [0.5, 0.6) is 0 Å². The van der Waals surface area contributed by atoms with Crippen LogP contribution in [0.3, 0.4) is 0 Å². The molecule has 3 amide bonds. The summed E-state index contributed by atoms with van der Waals surface area (Å²) in [6.07, 6.45) is 0.222. The number of pyridine rings is 1. The molecule has 0 saturated carbocycles. The summed E-state index contributed by atoms with van der Waals surface area (Å²) in [5.41, 5.74) is -0.395. The van der Waals surface area contributed by atoms with E-state index in [4.69, 9.17) is 11.6 Å². The van der Waals surface area contributed by atoms with Crippen molar-refractivity contribution in [3.05, 3.63) is 71.0 Å². The smallest absolute Gasteiger partial charge is 0.435 e. The van der Waals surface area contributed by atoms with Crippen molar-refractivity contribution in [1.82, 2.24) is 39.4 Å². The first kappa shape index (κ1) is 40.7. The van der Waals surface area contributed by atoms with Gasteiger partial charge in [0.1, 0.15) is 0 Å². The van der Waals surface area contributed by atoms with E-state index in [2.05, 4.69) is 31.0 Å². The molecule has 0 bridgehead atoms. The van der Waals surface area contributed by atoms with E-state index < -0.39 is 23.7 Å². The highest BCUT2D eigenvalue weighted by Crippen LogP contribution is 2.37. The summed E-state index contributed by atoms with van der Waals surface area (Å²) < 4.78 is 45.1.